The number of halogens is 1. The van der Waals surface area contributed by atoms with Gasteiger partial charge in [0, 0.05) is 12.0 Å². The Bertz CT molecular complexity index is 367. The van der Waals surface area contributed by atoms with Crippen molar-refractivity contribution in [2.24, 2.45) is 5.73 Å². The molecule has 0 spiro atoms. The maximum absolute atomic E-state index is 13.8. The maximum atomic E-state index is 13.8. The van der Waals surface area contributed by atoms with Gasteiger partial charge in [0.05, 0.1) is 6.61 Å². The Labute approximate surface area is 103 Å². The maximum Gasteiger partial charge on any atom is 0.165 e. The van der Waals surface area contributed by atoms with Gasteiger partial charge in [-0.2, -0.15) is 0 Å². The first kappa shape index (κ1) is 14.0. The number of hydrogen-bond acceptors (Lipinski definition) is 2. The third-order valence-corrected chi connectivity index (χ3v) is 3.18. The van der Waals surface area contributed by atoms with Crippen LogP contribution in [0.2, 0.25) is 0 Å². The van der Waals surface area contributed by atoms with Crippen LogP contribution >= 0.6 is 0 Å². The van der Waals surface area contributed by atoms with Crippen molar-refractivity contribution in [1.82, 2.24) is 0 Å². The topological polar surface area (TPSA) is 35.2 Å². The smallest absolute Gasteiger partial charge is 0.165 e. The third kappa shape index (κ3) is 3.19. The Hall–Kier alpha value is -1.09. The van der Waals surface area contributed by atoms with Crippen molar-refractivity contribution in [3.05, 3.63) is 29.6 Å². The van der Waals surface area contributed by atoms with E-state index in [9.17, 15) is 4.39 Å². The summed E-state index contributed by atoms with van der Waals surface area (Å²) in [6.07, 6.45) is 1.99. The Kier molecular flexibility index (Phi) is 4.94. The van der Waals surface area contributed by atoms with Gasteiger partial charge in [-0.25, -0.2) is 4.39 Å². The predicted octanol–water partition coefficient (Wildman–Crippen LogP) is 3.24. The first-order chi connectivity index (χ1) is 8.07. The molecular weight excluding hydrogens is 217 g/mol. The molecule has 1 atom stereocenters. The summed E-state index contributed by atoms with van der Waals surface area (Å²) >= 11 is 0. The van der Waals surface area contributed by atoms with Crippen LogP contribution in [-0.2, 0) is 5.41 Å². The van der Waals surface area contributed by atoms with E-state index in [0.29, 0.717) is 18.9 Å². The Morgan fingerprint density at radius 1 is 1.35 bits per heavy atom. The van der Waals surface area contributed by atoms with Gasteiger partial charge in [0.2, 0.25) is 0 Å². The molecule has 17 heavy (non-hydrogen) atoms. The van der Waals surface area contributed by atoms with Crippen LogP contribution in [0.1, 0.15) is 39.2 Å². The van der Waals surface area contributed by atoms with E-state index in [1.165, 1.54) is 0 Å². The molecular formula is C14H22FNO. The normalized spacial score (nSPS) is 14.4. The molecule has 2 N–H and O–H groups in total. The zero-order valence-corrected chi connectivity index (χ0v) is 10.9. The molecule has 3 heteroatoms. The minimum atomic E-state index is -0.305. The van der Waals surface area contributed by atoms with E-state index in [0.717, 1.165) is 18.4 Å². The van der Waals surface area contributed by atoms with Crippen molar-refractivity contribution < 1.29 is 9.13 Å². The number of hydrogen-bond donors (Lipinski definition) is 1. The zero-order valence-electron chi connectivity index (χ0n) is 10.9. The van der Waals surface area contributed by atoms with Crippen LogP contribution in [0.3, 0.4) is 0 Å². The summed E-state index contributed by atoms with van der Waals surface area (Å²) in [5.41, 5.74) is 6.61. The van der Waals surface area contributed by atoms with Crippen LogP contribution < -0.4 is 10.5 Å². The summed E-state index contributed by atoms with van der Waals surface area (Å²) in [4.78, 5) is 0. The summed E-state index contributed by atoms with van der Waals surface area (Å²) in [6.45, 7) is 7.02. The molecule has 0 fully saturated rings. The highest BCUT2D eigenvalue weighted by Crippen LogP contribution is 2.30. The number of ether oxygens (including phenoxy) is 1. The zero-order chi connectivity index (χ0) is 12.9. The Balaban J connectivity index is 3.02. The van der Waals surface area contributed by atoms with Gasteiger partial charge in [0.25, 0.3) is 0 Å². The molecule has 2 nitrogen and oxygen atoms in total. The van der Waals surface area contributed by atoms with Crippen LogP contribution in [-0.4, -0.2) is 13.2 Å². The van der Waals surface area contributed by atoms with E-state index >= 15 is 0 Å². The molecule has 0 heterocycles. The van der Waals surface area contributed by atoms with Crippen molar-refractivity contribution in [2.75, 3.05) is 13.2 Å². The summed E-state index contributed by atoms with van der Waals surface area (Å²) in [5, 5.41) is 0. The van der Waals surface area contributed by atoms with Crippen LogP contribution in [0.25, 0.3) is 0 Å². The molecule has 0 saturated heterocycles. The van der Waals surface area contributed by atoms with Crippen molar-refractivity contribution in [1.29, 1.82) is 0 Å². The number of rotatable bonds is 6. The lowest BCUT2D eigenvalue weighted by molar-refractivity contribution is 0.320. The summed E-state index contributed by atoms with van der Waals surface area (Å²) in [6, 6.07) is 5.15. The minimum absolute atomic E-state index is 0.152. The largest absolute Gasteiger partial charge is 0.491 e. The Morgan fingerprint density at radius 2 is 2.06 bits per heavy atom. The van der Waals surface area contributed by atoms with Gasteiger partial charge in [0.1, 0.15) is 0 Å². The minimum Gasteiger partial charge on any atom is -0.491 e. The summed E-state index contributed by atoms with van der Waals surface area (Å²) < 4.78 is 19.0. The molecule has 1 aromatic rings. The SMILES string of the molecule is CCCC(C)(CN)c1ccc(OCC)c(F)c1. The summed E-state index contributed by atoms with van der Waals surface area (Å²) in [5.74, 6) is 0.00671. The second-order valence-corrected chi connectivity index (χ2v) is 4.59. The lowest BCUT2D eigenvalue weighted by Crippen LogP contribution is -2.31. The fourth-order valence-electron chi connectivity index (χ4n) is 2.06. The van der Waals surface area contributed by atoms with Crippen LogP contribution in [0, 0.1) is 5.82 Å². The van der Waals surface area contributed by atoms with E-state index < -0.39 is 0 Å². The van der Waals surface area contributed by atoms with Gasteiger partial charge in [-0.1, -0.05) is 26.3 Å². The van der Waals surface area contributed by atoms with Crippen LogP contribution in [0.15, 0.2) is 18.2 Å². The molecule has 0 amide bonds. The lowest BCUT2D eigenvalue weighted by Gasteiger charge is -2.28. The fraction of sp³-hybridized carbons (Fsp3) is 0.571. The average molecular weight is 239 g/mol. The van der Waals surface area contributed by atoms with Crippen LogP contribution in [0.5, 0.6) is 5.75 Å². The molecule has 0 bridgehead atoms. The van der Waals surface area contributed by atoms with Gasteiger partial charge in [-0.05, 0) is 31.0 Å². The quantitative estimate of drug-likeness (QED) is 0.827. The van der Waals surface area contributed by atoms with Crippen molar-refractivity contribution in [3.63, 3.8) is 0 Å². The fourth-order valence-corrected chi connectivity index (χ4v) is 2.06. The summed E-state index contributed by atoms with van der Waals surface area (Å²) in [7, 11) is 0. The van der Waals surface area contributed by atoms with Crippen molar-refractivity contribution >= 4 is 0 Å². The van der Waals surface area contributed by atoms with Gasteiger partial charge < -0.3 is 10.5 Å². The first-order valence-electron chi connectivity index (χ1n) is 6.20. The van der Waals surface area contributed by atoms with Gasteiger partial charge in [-0.3, -0.25) is 0 Å². The highest BCUT2D eigenvalue weighted by molar-refractivity contribution is 5.34. The van der Waals surface area contributed by atoms with Gasteiger partial charge >= 0.3 is 0 Å². The second kappa shape index (κ2) is 6.01. The van der Waals surface area contributed by atoms with Crippen molar-refractivity contribution in [3.8, 4) is 5.75 Å². The standard InChI is InChI=1S/C14H22FNO/c1-4-8-14(3,10-16)11-6-7-13(17-5-2)12(15)9-11/h6-7,9H,4-5,8,10,16H2,1-3H3. The molecule has 0 aliphatic carbocycles. The van der Waals surface area contributed by atoms with Gasteiger partial charge in [-0.15, -0.1) is 0 Å². The number of nitrogens with two attached hydrogens (primary N) is 1. The van der Waals surface area contributed by atoms with Crippen molar-refractivity contribution in [2.45, 2.75) is 39.0 Å². The van der Waals surface area contributed by atoms with E-state index in [4.69, 9.17) is 10.5 Å². The van der Waals surface area contributed by atoms with E-state index in [1.807, 2.05) is 13.0 Å². The predicted molar refractivity (Wildman–Crippen MR) is 68.9 cm³/mol. The van der Waals surface area contributed by atoms with E-state index in [2.05, 4.69) is 13.8 Å². The highest BCUT2D eigenvalue weighted by Gasteiger charge is 2.25. The second-order valence-electron chi connectivity index (χ2n) is 4.59. The highest BCUT2D eigenvalue weighted by atomic mass is 19.1. The Morgan fingerprint density at radius 3 is 2.53 bits per heavy atom. The molecule has 1 rings (SSSR count). The molecule has 1 unspecified atom stereocenters. The average Bonchev–Trinajstić information content (AvgIpc) is 2.32. The monoisotopic (exact) mass is 239 g/mol. The van der Waals surface area contributed by atoms with Gasteiger partial charge in [0.15, 0.2) is 11.6 Å². The molecule has 1 aromatic carbocycles. The molecule has 0 radical (unpaired) electrons. The van der Waals surface area contributed by atoms with E-state index in [-0.39, 0.29) is 11.2 Å². The lowest BCUT2D eigenvalue weighted by atomic mass is 9.79. The van der Waals surface area contributed by atoms with Crippen LogP contribution in [0.4, 0.5) is 4.39 Å². The molecule has 0 saturated carbocycles. The third-order valence-electron chi connectivity index (χ3n) is 3.18. The molecule has 0 aliphatic heterocycles. The molecule has 0 aromatic heterocycles. The first-order valence-corrected chi connectivity index (χ1v) is 6.20. The molecule has 0 aliphatic rings. The number of benzene rings is 1. The molecule has 96 valence electrons. The van der Waals surface area contributed by atoms with E-state index in [1.54, 1.807) is 12.1 Å².